The molecule has 0 radical (unpaired) electrons. The fourth-order valence-corrected chi connectivity index (χ4v) is 1.68. The van der Waals surface area contributed by atoms with Crippen molar-refractivity contribution < 1.29 is 14.3 Å². The Labute approximate surface area is 87.7 Å². The lowest BCUT2D eigenvalue weighted by atomic mass is 10.4. The summed E-state index contributed by atoms with van der Waals surface area (Å²) in [6.45, 7) is 1.11. The van der Waals surface area contributed by atoms with Gasteiger partial charge in [-0.1, -0.05) is 6.07 Å². The quantitative estimate of drug-likeness (QED) is 0.535. The Kier molecular flexibility index (Phi) is 5.25. The van der Waals surface area contributed by atoms with Crippen LogP contribution in [0.2, 0.25) is 0 Å². The van der Waals surface area contributed by atoms with E-state index in [-0.39, 0.29) is 5.97 Å². The van der Waals surface area contributed by atoms with Gasteiger partial charge in [-0.05, 0) is 11.4 Å². The van der Waals surface area contributed by atoms with E-state index >= 15 is 0 Å². The average Bonchev–Trinajstić information content (AvgIpc) is 2.69. The van der Waals surface area contributed by atoms with Crippen molar-refractivity contribution >= 4 is 17.3 Å². The van der Waals surface area contributed by atoms with E-state index in [0.717, 1.165) is 6.42 Å². The summed E-state index contributed by atoms with van der Waals surface area (Å²) in [6, 6.07) is 4.10. The van der Waals surface area contributed by atoms with Crippen molar-refractivity contribution in [2.75, 3.05) is 20.3 Å². The number of thiophene rings is 1. The molecule has 0 fully saturated rings. The Balaban J connectivity index is 1.97. The molecule has 0 unspecified atom stereocenters. The fourth-order valence-electron chi connectivity index (χ4n) is 0.987. The number of rotatable bonds is 6. The van der Waals surface area contributed by atoms with E-state index < -0.39 is 0 Å². The molecule has 0 atom stereocenters. The highest BCUT2D eigenvalue weighted by Gasteiger charge is 1.99. The van der Waals surface area contributed by atoms with E-state index in [0.29, 0.717) is 19.6 Å². The highest BCUT2D eigenvalue weighted by atomic mass is 32.1. The first-order valence-corrected chi connectivity index (χ1v) is 5.38. The molecule has 1 aromatic rings. The Morgan fingerprint density at radius 3 is 3.00 bits per heavy atom. The Morgan fingerprint density at radius 1 is 1.50 bits per heavy atom. The van der Waals surface area contributed by atoms with Gasteiger partial charge in [0.25, 0.3) is 0 Å². The molecule has 0 N–H and O–H groups in total. The Bertz CT molecular complexity index is 256. The molecule has 1 aromatic heterocycles. The van der Waals surface area contributed by atoms with Crippen LogP contribution >= 0.6 is 11.3 Å². The van der Waals surface area contributed by atoms with Gasteiger partial charge in [-0.25, -0.2) is 0 Å². The van der Waals surface area contributed by atoms with Crippen LogP contribution < -0.4 is 0 Å². The molecule has 4 heteroatoms. The first kappa shape index (κ1) is 11.2. The molecule has 14 heavy (non-hydrogen) atoms. The summed E-state index contributed by atoms with van der Waals surface area (Å²) in [5.41, 5.74) is 0. The molecule has 1 heterocycles. The minimum Gasteiger partial charge on any atom is -0.469 e. The fraction of sp³-hybridized carbons (Fsp3) is 0.500. The summed E-state index contributed by atoms with van der Waals surface area (Å²) in [7, 11) is 1.38. The maximum atomic E-state index is 10.7. The summed E-state index contributed by atoms with van der Waals surface area (Å²) in [5, 5.41) is 2.05. The molecule has 1 rings (SSSR count). The van der Waals surface area contributed by atoms with E-state index in [1.807, 2.05) is 11.4 Å². The summed E-state index contributed by atoms with van der Waals surface area (Å²) in [5.74, 6) is -0.221. The van der Waals surface area contributed by atoms with Gasteiger partial charge in [0, 0.05) is 11.3 Å². The SMILES string of the molecule is COC(=O)CCOCCc1cccs1. The van der Waals surface area contributed by atoms with Crippen LogP contribution in [-0.2, 0) is 20.7 Å². The second-order valence-corrected chi connectivity index (χ2v) is 3.80. The van der Waals surface area contributed by atoms with Crippen LogP contribution in [-0.4, -0.2) is 26.3 Å². The van der Waals surface area contributed by atoms with E-state index in [2.05, 4.69) is 10.8 Å². The minimum absolute atomic E-state index is 0.221. The van der Waals surface area contributed by atoms with Crippen LogP contribution in [0.25, 0.3) is 0 Å². The Hall–Kier alpha value is -0.870. The molecule has 0 aliphatic rings. The van der Waals surface area contributed by atoms with Crippen molar-refractivity contribution in [3.63, 3.8) is 0 Å². The summed E-state index contributed by atoms with van der Waals surface area (Å²) in [4.78, 5) is 12.0. The van der Waals surface area contributed by atoms with Gasteiger partial charge in [0.2, 0.25) is 0 Å². The third-order valence-electron chi connectivity index (χ3n) is 1.75. The van der Waals surface area contributed by atoms with Crippen LogP contribution in [0.15, 0.2) is 17.5 Å². The number of carbonyl (C=O) groups is 1. The zero-order chi connectivity index (χ0) is 10.2. The standard InChI is InChI=1S/C10H14O3S/c1-12-10(11)5-7-13-6-4-9-3-2-8-14-9/h2-3,8H,4-7H2,1H3. The number of methoxy groups -OCH3 is 1. The van der Waals surface area contributed by atoms with Gasteiger partial charge in [-0.3, -0.25) is 4.79 Å². The van der Waals surface area contributed by atoms with Gasteiger partial charge < -0.3 is 9.47 Å². The van der Waals surface area contributed by atoms with Gasteiger partial charge in [-0.15, -0.1) is 11.3 Å². The second kappa shape index (κ2) is 6.56. The van der Waals surface area contributed by atoms with Crippen LogP contribution in [0.1, 0.15) is 11.3 Å². The average molecular weight is 214 g/mol. The predicted molar refractivity (Wildman–Crippen MR) is 55.5 cm³/mol. The monoisotopic (exact) mass is 214 g/mol. The van der Waals surface area contributed by atoms with Crippen LogP contribution in [0.3, 0.4) is 0 Å². The summed E-state index contributed by atoms with van der Waals surface area (Å²) >= 11 is 1.72. The maximum Gasteiger partial charge on any atom is 0.307 e. The zero-order valence-corrected chi connectivity index (χ0v) is 9.01. The molecule has 0 spiro atoms. The molecular weight excluding hydrogens is 200 g/mol. The molecule has 0 aliphatic heterocycles. The van der Waals surface area contributed by atoms with Gasteiger partial charge in [0.1, 0.15) is 0 Å². The first-order chi connectivity index (χ1) is 6.83. The van der Waals surface area contributed by atoms with Crippen molar-refractivity contribution in [2.24, 2.45) is 0 Å². The zero-order valence-electron chi connectivity index (χ0n) is 8.19. The van der Waals surface area contributed by atoms with E-state index in [1.54, 1.807) is 11.3 Å². The molecule has 0 amide bonds. The van der Waals surface area contributed by atoms with E-state index in [9.17, 15) is 4.79 Å². The molecule has 0 bridgehead atoms. The number of esters is 1. The summed E-state index contributed by atoms with van der Waals surface area (Å²) in [6.07, 6.45) is 1.25. The molecule has 0 saturated carbocycles. The minimum atomic E-state index is -0.221. The van der Waals surface area contributed by atoms with E-state index in [1.165, 1.54) is 12.0 Å². The van der Waals surface area contributed by atoms with Crippen molar-refractivity contribution in [3.8, 4) is 0 Å². The lowest BCUT2D eigenvalue weighted by Crippen LogP contribution is -2.07. The Morgan fingerprint density at radius 2 is 2.36 bits per heavy atom. The van der Waals surface area contributed by atoms with Gasteiger partial charge in [-0.2, -0.15) is 0 Å². The number of ether oxygens (including phenoxy) is 2. The molecule has 0 saturated heterocycles. The van der Waals surface area contributed by atoms with Crippen molar-refractivity contribution in [1.82, 2.24) is 0 Å². The molecule has 0 aromatic carbocycles. The van der Waals surface area contributed by atoms with Crippen LogP contribution in [0.5, 0.6) is 0 Å². The van der Waals surface area contributed by atoms with Crippen LogP contribution in [0, 0.1) is 0 Å². The predicted octanol–water partition coefficient (Wildman–Crippen LogP) is 1.87. The van der Waals surface area contributed by atoms with Crippen molar-refractivity contribution in [2.45, 2.75) is 12.8 Å². The third kappa shape index (κ3) is 4.39. The van der Waals surface area contributed by atoms with Crippen LogP contribution in [0.4, 0.5) is 0 Å². The molecule has 3 nitrogen and oxygen atoms in total. The largest absolute Gasteiger partial charge is 0.469 e. The normalized spacial score (nSPS) is 10.1. The summed E-state index contributed by atoms with van der Waals surface area (Å²) < 4.78 is 9.77. The highest BCUT2D eigenvalue weighted by Crippen LogP contribution is 2.08. The van der Waals surface area contributed by atoms with Gasteiger partial charge in [0.15, 0.2) is 0 Å². The molecular formula is C10H14O3S. The maximum absolute atomic E-state index is 10.7. The molecule has 78 valence electrons. The molecule has 0 aliphatic carbocycles. The topological polar surface area (TPSA) is 35.5 Å². The lowest BCUT2D eigenvalue weighted by molar-refractivity contribution is -0.141. The van der Waals surface area contributed by atoms with Crippen molar-refractivity contribution in [1.29, 1.82) is 0 Å². The number of hydrogen-bond acceptors (Lipinski definition) is 4. The van der Waals surface area contributed by atoms with E-state index in [4.69, 9.17) is 4.74 Å². The second-order valence-electron chi connectivity index (χ2n) is 2.77. The first-order valence-electron chi connectivity index (χ1n) is 4.50. The van der Waals surface area contributed by atoms with Gasteiger partial charge >= 0.3 is 5.97 Å². The highest BCUT2D eigenvalue weighted by molar-refractivity contribution is 7.09. The number of hydrogen-bond donors (Lipinski definition) is 0. The number of carbonyl (C=O) groups excluding carboxylic acids is 1. The lowest BCUT2D eigenvalue weighted by Gasteiger charge is -2.01. The smallest absolute Gasteiger partial charge is 0.307 e. The third-order valence-corrected chi connectivity index (χ3v) is 2.69. The van der Waals surface area contributed by atoms with Gasteiger partial charge in [0.05, 0.1) is 26.7 Å². The van der Waals surface area contributed by atoms with Crippen molar-refractivity contribution in [3.05, 3.63) is 22.4 Å².